The molecule has 4 atom stereocenters. The first kappa shape index (κ1) is 22.4. The third-order valence-corrected chi connectivity index (χ3v) is 8.14. The van der Waals surface area contributed by atoms with E-state index in [1.54, 1.807) is 12.1 Å². The summed E-state index contributed by atoms with van der Waals surface area (Å²) in [5.41, 5.74) is 2.14. The fourth-order valence-corrected chi connectivity index (χ4v) is 6.44. The summed E-state index contributed by atoms with van der Waals surface area (Å²) in [5.74, 6) is 0.0491. The molecule has 176 valence electrons. The van der Waals surface area contributed by atoms with Gasteiger partial charge < -0.3 is 15.0 Å². The van der Waals surface area contributed by atoms with Gasteiger partial charge in [0.05, 0.1) is 12.0 Å². The molecule has 33 heavy (non-hydrogen) atoms. The Morgan fingerprint density at radius 3 is 2.58 bits per heavy atom. The molecule has 1 saturated heterocycles. The number of hydrogen-bond acceptors (Lipinski definition) is 4. The molecule has 6 heteroatoms. The number of hydrogen-bond donors (Lipinski definition) is 2. The molecule has 2 N–H and O–H groups in total. The van der Waals surface area contributed by atoms with Gasteiger partial charge in [-0.05, 0) is 36.8 Å². The van der Waals surface area contributed by atoms with Gasteiger partial charge in [0.2, 0.25) is 5.91 Å². The van der Waals surface area contributed by atoms with Crippen molar-refractivity contribution < 1.29 is 9.90 Å². The number of pyridine rings is 1. The fraction of sp³-hybridized carbons (Fsp3) is 0.556. The van der Waals surface area contributed by atoms with Crippen LogP contribution < -0.4 is 10.9 Å². The minimum atomic E-state index is -0.352. The van der Waals surface area contributed by atoms with Crippen LogP contribution in [0.4, 0.5) is 0 Å². The first-order valence-corrected chi connectivity index (χ1v) is 12.6. The van der Waals surface area contributed by atoms with Gasteiger partial charge in [0.15, 0.2) is 0 Å². The maximum absolute atomic E-state index is 13.6. The number of carbonyl (C=O) groups excluding carboxylic acids is 1. The van der Waals surface area contributed by atoms with Crippen LogP contribution in [0.15, 0.2) is 53.3 Å². The smallest absolute Gasteiger partial charge is 0.250 e. The number of aliphatic hydroxyl groups excluding tert-OH is 1. The minimum Gasteiger partial charge on any atom is -0.396 e. The first-order valence-electron chi connectivity index (χ1n) is 12.6. The Bertz CT molecular complexity index is 1010. The Labute approximate surface area is 195 Å². The van der Waals surface area contributed by atoms with E-state index < -0.39 is 0 Å². The number of nitrogens with zero attached hydrogens (tertiary/aromatic N) is 2. The van der Waals surface area contributed by atoms with Crippen LogP contribution in [0.2, 0.25) is 0 Å². The fourth-order valence-electron chi connectivity index (χ4n) is 6.44. The highest BCUT2D eigenvalue weighted by Gasteiger charge is 2.55. The molecule has 2 bridgehead atoms. The van der Waals surface area contributed by atoms with E-state index in [9.17, 15) is 14.7 Å². The molecule has 1 aromatic heterocycles. The van der Waals surface area contributed by atoms with Crippen molar-refractivity contribution in [2.45, 2.75) is 57.2 Å². The quantitative estimate of drug-likeness (QED) is 0.682. The summed E-state index contributed by atoms with van der Waals surface area (Å²) in [7, 11) is 0. The van der Waals surface area contributed by atoms with Gasteiger partial charge in [-0.15, -0.1) is 0 Å². The summed E-state index contributed by atoms with van der Waals surface area (Å²) in [4.78, 5) is 28.6. The largest absolute Gasteiger partial charge is 0.396 e. The van der Waals surface area contributed by atoms with E-state index in [4.69, 9.17) is 0 Å². The molecule has 1 aliphatic carbocycles. The van der Waals surface area contributed by atoms with Crippen molar-refractivity contribution in [3.63, 3.8) is 0 Å². The van der Waals surface area contributed by atoms with E-state index in [1.807, 2.05) is 28.8 Å². The molecule has 0 unspecified atom stereocenters. The second-order valence-corrected chi connectivity index (χ2v) is 10.0. The van der Waals surface area contributed by atoms with E-state index in [2.05, 4.69) is 22.3 Å². The molecule has 1 aromatic carbocycles. The Hall–Kier alpha value is -2.44. The number of aliphatic hydroxyl groups is 1. The van der Waals surface area contributed by atoms with E-state index in [0.717, 1.165) is 25.2 Å². The third kappa shape index (κ3) is 4.38. The number of nitrogens with one attached hydrogen (secondary N) is 1. The molecule has 6 nitrogen and oxygen atoms in total. The molecule has 1 saturated carbocycles. The Balaban J connectivity index is 1.42. The molecular formula is C27H35N3O3. The summed E-state index contributed by atoms with van der Waals surface area (Å²) < 4.78 is 1.82. The Kier molecular flexibility index (Phi) is 6.65. The van der Waals surface area contributed by atoms with Crippen LogP contribution in [0.25, 0.3) is 0 Å². The van der Waals surface area contributed by atoms with Gasteiger partial charge >= 0.3 is 0 Å². The lowest BCUT2D eigenvalue weighted by Gasteiger charge is -2.38. The second-order valence-electron chi connectivity index (χ2n) is 10.0. The first-order chi connectivity index (χ1) is 16.2. The zero-order chi connectivity index (χ0) is 22.8. The Morgan fingerprint density at radius 1 is 1.03 bits per heavy atom. The molecule has 5 rings (SSSR count). The zero-order valence-electron chi connectivity index (χ0n) is 19.2. The van der Waals surface area contributed by atoms with Gasteiger partial charge in [-0.3, -0.25) is 14.5 Å². The molecule has 2 aromatic rings. The molecule has 0 radical (unpaired) electrons. The molecule has 2 aliphatic heterocycles. The average Bonchev–Trinajstić information content (AvgIpc) is 3.07. The molecule has 0 spiro atoms. The average molecular weight is 450 g/mol. The summed E-state index contributed by atoms with van der Waals surface area (Å²) in [5, 5.41) is 13.7. The monoisotopic (exact) mass is 449 g/mol. The van der Waals surface area contributed by atoms with Crippen LogP contribution in [0.3, 0.4) is 0 Å². The lowest BCUT2D eigenvalue weighted by molar-refractivity contribution is -0.127. The van der Waals surface area contributed by atoms with Crippen molar-refractivity contribution in [2.75, 3.05) is 19.7 Å². The number of fused-ring (bicyclic) bond motifs is 4. The molecule has 2 fully saturated rings. The van der Waals surface area contributed by atoms with Crippen LogP contribution in [-0.4, -0.2) is 46.2 Å². The van der Waals surface area contributed by atoms with Crippen molar-refractivity contribution in [2.24, 2.45) is 17.8 Å². The molecule has 3 aliphatic rings. The SMILES string of the molecule is O=C(NCC1CCCCC1)[C@@H]1[C@@H](CO)[C@@H]2Cn3c(cccc3=O)[C@H]1N2CCc1ccccc1. The summed E-state index contributed by atoms with van der Waals surface area (Å²) >= 11 is 0. The summed E-state index contributed by atoms with van der Waals surface area (Å²) in [6, 6.07) is 15.5. The zero-order valence-corrected chi connectivity index (χ0v) is 19.2. The van der Waals surface area contributed by atoms with E-state index in [1.165, 1.54) is 37.7 Å². The number of benzene rings is 1. The van der Waals surface area contributed by atoms with Crippen molar-refractivity contribution in [1.29, 1.82) is 0 Å². The second kappa shape index (κ2) is 9.82. The van der Waals surface area contributed by atoms with Gasteiger partial charge in [-0.2, -0.15) is 0 Å². The summed E-state index contributed by atoms with van der Waals surface area (Å²) in [6.45, 7) is 1.99. The number of carbonyl (C=O) groups is 1. The lowest BCUT2D eigenvalue weighted by atomic mass is 9.85. The van der Waals surface area contributed by atoms with Gasteiger partial charge in [0.25, 0.3) is 5.56 Å². The maximum atomic E-state index is 13.6. The van der Waals surface area contributed by atoms with Gasteiger partial charge in [0, 0.05) is 50.0 Å². The third-order valence-electron chi connectivity index (χ3n) is 8.14. The van der Waals surface area contributed by atoms with E-state index in [-0.39, 0.29) is 42.0 Å². The minimum absolute atomic E-state index is 0.0230. The van der Waals surface area contributed by atoms with Gasteiger partial charge in [-0.25, -0.2) is 0 Å². The highest BCUT2D eigenvalue weighted by molar-refractivity contribution is 5.80. The van der Waals surface area contributed by atoms with Crippen LogP contribution >= 0.6 is 0 Å². The highest BCUT2D eigenvalue weighted by atomic mass is 16.3. The molecule has 1 amide bonds. The van der Waals surface area contributed by atoms with Crippen LogP contribution in [-0.2, 0) is 17.8 Å². The predicted octanol–water partition coefficient (Wildman–Crippen LogP) is 2.75. The maximum Gasteiger partial charge on any atom is 0.250 e. The number of rotatable bonds is 7. The number of amides is 1. The van der Waals surface area contributed by atoms with Crippen molar-refractivity contribution in [1.82, 2.24) is 14.8 Å². The van der Waals surface area contributed by atoms with Crippen molar-refractivity contribution >= 4 is 5.91 Å². The van der Waals surface area contributed by atoms with Gasteiger partial charge in [-0.1, -0.05) is 55.7 Å². The standard InChI is InChI=1S/C27H35N3O3/c31-18-21-23-17-30-22(12-7-13-24(30)32)26(29(23)15-14-19-8-3-1-4-9-19)25(21)27(33)28-16-20-10-5-2-6-11-20/h1,3-4,7-9,12-13,20-21,23,25-26,31H,2,5-6,10-11,14-18H2,(H,28,33)/t21-,23-,25+,26+/m0/s1. The van der Waals surface area contributed by atoms with Crippen LogP contribution in [0, 0.1) is 17.8 Å². The van der Waals surface area contributed by atoms with Gasteiger partial charge in [0.1, 0.15) is 0 Å². The van der Waals surface area contributed by atoms with Crippen LogP contribution in [0.5, 0.6) is 0 Å². The summed E-state index contributed by atoms with van der Waals surface area (Å²) in [6.07, 6.45) is 7.03. The number of aromatic nitrogens is 1. The highest BCUT2D eigenvalue weighted by Crippen LogP contribution is 2.48. The van der Waals surface area contributed by atoms with Crippen molar-refractivity contribution in [3.8, 4) is 0 Å². The molecular weight excluding hydrogens is 414 g/mol. The van der Waals surface area contributed by atoms with E-state index >= 15 is 0 Å². The molecule has 3 heterocycles. The predicted molar refractivity (Wildman–Crippen MR) is 128 cm³/mol. The van der Waals surface area contributed by atoms with Crippen LogP contribution in [0.1, 0.15) is 49.4 Å². The normalized spacial score (nSPS) is 27.3. The topological polar surface area (TPSA) is 74.6 Å². The Morgan fingerprint density at radius 2 is 1.82 bits per heavy atom. The van der Waals surface area contributed by atoms with Crippen molar-refractivity contribution in [3.05, 3.63) is 70.1 Å². The lowest BCUT2D eigenvalue weighted by Crippen LogP contribution is -2.47. The van der Waals surface area contributed by atoms with E-state index in [0.29, 0.717) is 12.5 Å².